The number of amides is 2. The van der Waals surface area contributed by atoms with E-state index in [4.69, 9.17) is 0 Å². The fourth-order valence-electron chi connectivity index (χ4n) is 2.54. The molecule has 5 nitrogen and oxygen atoms in total. The molecule has 2 amide bonds. The van der Waals surface area contributed by atoms with Gasteiger partial charge in [0.15, 0.2) is 0 Å². The Bertz CT molecular complexity index is 302. The Hall–Kier alpha value is -1.10. The van der Waals surface area contributed by atoms with Crippen LogP contribution < -0.4 is 10.6 Å². The first-order valence-corrected chi connectivity index (χ1v) is 7.21. The molecule has 0 aromatic heterocycles. The first-order chi connectivity index (χ1) is 8.93. The summed E-state index contributed by atoms with van der Waals surface area (Å²) >= 11 is 0. The lowest BCUT2D eigenvalue weighted by Gasteiger charge is -2.28. The van der Waals surface area contributed by atoms with Crippen LogP contribution in [0.5, 0.6) is 0 Å². The molecule has 1 aliphatic rings. The van der Waals surface area contributed by atoms with Gasteiger partial charge in [-0.1, -0.05) is 27.7 Å². The van der Waals surface area contributed by atoms with Crippen molar-refractivity contribution in [3.63, 3.8) is 0 Å². The van der Waals surface area contributed by atoms with Crippen LogP contribution in [0.15, 0.2) is 0 Å². The van der Waals surface area contributed by atoms with Crippen molar-refractivity contribution in [3.8, 4) is 0 Å². The second kappa shape index (κ2) is 7.48. The fourth-order valence-corrected chi connectivity index (χ4v) is 2.54. The number of nitrogens with one attached hydrogen (secondary N) is 2. The topological polar surface area (TPSA) is 61.4 Å². The minimum atomic E-state index is -0.465. The van der Waals surface area contributed by atoms with Gasteiger partial charge in [-0.15, -0.1) is 0 Å². The quantitative estimate of drug-likeness (QED) is 0.729. The van der Waals surface area contributed by atoms with E-state index in [0.29, 0.717) is 37.4 Å². The van der Waals surface area contributed by atoms with Crippen LogP contribution in [0.3, 0.4) is 0 Å². The van der Waals surface area contributed by atoms with Gasteiger partial charge >= 0.3 is 11.8 Å². The maximum Gasteiger partial charge on any atom is 0.311 e. The van der Waals surface area contributed by atoms with Crippen LogP contribution in [0, 0.1) is 17.8 Å². The van der Waals surface area contributed by atoms with E-state index in [-0.39, 0.29) is 0 Å². The van der Waals surface area contributed by atoms with E-state index in [1.807, 2.05) is 0 Å². The molecule has 0 aromatic carbocycles. The maximum absolute atomic E-state index is 11.9. The Balaban J connectivity index is 2.43. The van der Waals surface area contributed by atoms with Gasteiger partial charge in [0.05, 0.1) is 0 Å². The van der Waals surface area contributed by atoms with E-state index in [0.717, 1.165) is 13.1 Å². The second-order valence-electron chi connectivity index (χ2n) is 5.90. The number of carbonyl (C=O) groups excluding carboxylic acids is 2. The molecule has 1 aliphatic heterocycles. The number of carbonyl (C=O) groups is 2. The minimum Gasteiger partial charge on any atom is -0.348 e. The average molecular weight is 269 g/mol. The predicted octanol–water partition coefficient (Wildman–Crippen LogP) is 0.463. The molecule has 1 fully saturated rings. The Kier molecular flexibility index (Phi) is 6.28. The zero-order valence-corrected chi connectivity index (χ0v) is 12.5. The lowest BCUT2D eigenvalue weighted by molar-refractivity contribution is -0.146. The van der Waals surface area contributed by atoms with E-state index in [2.05, 4.69) is 38.3 Å². The molecule has 0 aliphatic carbocycles. The first-order valence-electron chi connectivity index (χ1n) is 7.21. The smallest absolute Gasteiger partial charge is 0.311 e. The molecule has 2 N–H and O–H groups in total. The van der Waals surface area contributed by atoms with Gasteiger partial charge in [-0.2, -0.15) is 0 Å². The van der Waals surface area contributed by atoms with Crippen LogP contribution in [0.4, 0.5) is 0 Å². The van der Waals surface area contributed by atoms with Crippen molar-refractivity contribution in [1.82, 2.24) is 15.5 Å². The highest BCUT2D eigenvalue weighted by atomic mass is 16.2. The van der Waals surface area contributed by atoms with Crippen LogP contribution in [-0.4, -0.2) is 49.4 Å². The second-order valence-corrected chi connectivity index (χ2v) is 5.90. The predicted molar refractivity (Wildman–Crippen MR) is 75.6 cm³/mol. The van der Waals surface area contributed by atoms with Gasteiger partial charge < -0.3 is 15.5 Å². The van der Waals surface area contributed by atoms with Crippen molar-refractivity contribution < 1.29 is 9.59 Å². The summed E-state index contributed by atoms with van der Waals surface area (Å²) < 4.78 is 0. The standard InChI is InChI=1S/C14H27N3O2/c1-10(2)12(11(3)4)9-16-13(18)14(19)17-7-5-15-6-8-17/h10-12,15H,5-9H2,1-4H3,(H,16,18). The van der Waals surface area contributed by atoms with Crippen LogP contribution in [0.1, 0.15) is 27.7 Å². The zero-order chi connectivity index (χ0) is 14.4. The third-order valence-electron chi connectivity index (χ3n) is 3.81. The SMILES string of the molecule is CC(C)C(CNC(=O)C(=O)N1CCNCC1)C(C)C. The van der Waals surface area contributed by atoms with Crippen LogP contribution in [0.2, 0.25) is 0 Å². The normalized spacial score (nSPS) is 16.3. The van der Waals surface area contributed by atoms with Gasteiger partial charge in [0.2, 0.25) is 0 Å². The molecule has 0 spiro atoms. The highest BCUT2D eigenvalue weighted by Gasteiger charge is 2.25. The van der Waals surface area contributed by atoms with Gasteiger partial charge in [-0.25, -0.2) is 0 Å². The Morgan fingerprint density at radius 2 is 1.63 bits per heavy atom. The Morgan fingerprint density at radius 1 is 1.11 bits per heavy atom. The molecule has 1 heterocycles. The summed E-state index contributed by atoms with van der Waals surface area (Å²) in [4.78, 5) is 25.4. The van der Waals surface area contributed by atoms with Crippen LogP contribution >= 0.6 is 0 Å². The van der Waals surface area contributed by atoms with Crippen molar-refractivity contribution in [3.05, 3.63) is 0 Å². The summed E-state index contributed by atoms with van der Waals surface area (Å²) in [7, 11) is 0. The number of rotatable bonds is 4. The van der Waals surface area contributed by atoms with Crippen molar-refractivity contribution in [2.75, 3.05) is 32.7 Å². The lowest BCUT2D eigenvalue weighted by atomic mass is 9.85. The van der Waals surface area contributed by atoms with Gasteiger partial charge in [0.1, 0.15) is 0 Å². The van der Waals surface area contributed by atoms with Crippen molar-refractivity contribution >= 4 is 11.8 Å². The van der Waals surface area contributed by atoms with Gasteiger partial charge in [-0.05, 0) is 17.8 Å². The molecule has 1 rings (SSSR count). The summed E-state index contributed by atoms with van der Waals surface area (Å²) in [5, 5.41) is 5.95. The molecule has 19 heavy (non-hydrogen) atoms. The molecule has 1 saturated heterocycles. The molecular weight excluding hydrogens is 242 g/mol. The lowest BCUT2D eigenvalue weighted by Crippen LogP contribution is -2.52. The molecule has 0 atom stereocenters. The number of hydrogen-bond acceptors (Lipinski definition) is 3. The van der Waals surface area contributed by atoms with Gasteiger partial charge in [0.25, 0.3) is 0 Å². The maximum atomic E-state index is 11.9. The third-order valence-corrected chi connectivity index (χ3v) is 3.81. The van der Waals surface area contributed by atoms with Crippen molar-refractivity contribution in [1.29, 1.82) is 0 Å². The molecule has 0 aromatic rings. The van der Waals surface area contributed by atoms with Crippen molar-refractivity contribution in [2.45, 2.75) is 27.7 Å². The summed E-state index contributed by atoms with van der Waals surface area (Å²) in [5.41, 5.74) is 0. The molecule has 0 bridgehead atoms. The highest BCUT2D eigenvalue weighted by molar-refractivity contribution is 6.35. The van der Waals surface area contributed by atoms with Crippen LogP contribution in [-0.2, 0) is 9.59 Å². The first kappa shape index (κ1) is 16.0. The van der Waals surface area contributed by atoms with E-state index < -0.39 is 11.8 Å². The minimum absolute atomic E-state index is 0.396. The molecule has 0 unspecified atom stereocenters. The highest BCUT2D eigenvalue weighted by Crippen LogP contribution is 2.19. The number of nitrogens with zero attached hydrogens (tertiary/aromatic N) is 1. The van der Waals surface area contributed by atoms with E-state index in [9.17, 15) is 9.59 Å². The zero-order valence-electron chi connectivity index (χ0n) is 12.5. The van der Waals surface area contributed by atoms with Crippen molar-refractivity contribution in [2.24, 2.45) is 17.8 Å². The largest absolute Gasteiger partial charge is 0.348 e. The van der Waals surface area contributed by atoms with E-state index in [1.165, 1.54) is 0 Å². The molecule has 0 saturated carbocycles. The summed E-state index contributed by atoms with van der Waals surface area (Å²) in [5.74, 6) is 0.532. The Labute approximate surface area is 116 Å². The molecule has 110 valence electrons. The fraction of sp³-hybridized carbons (Fsp3) is 0.857. The summed E-state index contributed by atoms with van der Waals surface area (Å²) in [6.45, 7) is 11.9. The summed E-state index contributed by atoms with van der Waals surface area (Å²) in [6.07, 6.45) is 0. The van der Waals surface area contributed by atoms with Gasteiger partial charge in [0, 0.05) is 32.7 Å². The van der Waals surface area contributed by atoms with E-state index in [1.54, 1.807) is 4.90 Å². The number of piperazine rings is 1. The Morgan fingerprint density at radius 3 is 2.11 bits per heavy atom. The monoisotopic (exact) mass is 269 g/mol. The molecular formula is C14H27N3O2. The van der Waals surface area contributed by atoms with Crippen LogP contribution in [0.25, 0.3) is 0 Å². The molecule has 0 radical (unpaired) electrons. The molecule has 5 heteroatoms. The number of hydrogen-bond donors (Lipinski definition) is 2. The summed E-state index contributed by atoms with van der Waals surface area (Å²) in [6, 6.07) is 0. The third kappa shape index (κ3) is 4.82. The van der Waals surface area contributed by atoms with E-state index >= 15 is 0 Å². The average Bonchev–Trinajstić information content (AvgIpc) is 2.38. The van der Waals surface area contributed by atoms with Gasteiger partial charge in [-0.3, -0.25) is 9.59 Å².